The number of hydrogen-bond acceptors (Lipinski definition) is 8. The van der Waals surface area contributed by atoms with Gasteiger partial charge in [-0.05, 0) is 43.4 Å². The minimum Gasteiger partial charge on any atom is -0.466 e. The van der Waals surface area contributed by atoms with Gasteiger partial charge in [0.1, 0.15) is 5.57 Å². The van der Waals surface area contributed by atoms with Crippen molar-refractivity contribution in [1.29, 1.82) is 0 Å². The molecule has 2 heterocycles. The first-order valence-electron chi connectivity index (χ1n) is 11.5. The van der Waals surface area contributed by atoms with E-state index in [1.165, 1.54) is 14.2 Å². The van der Waals surface area contributed by atoms with Gasteiger partial charge in [-0.1, -0.05) is 27.2 Å². The first-order chi connectivity index (χ1) is 15.3. The van der Waals surface area contributed by atoms with Crippen molar-refractivity contribution in [3.05, 3.63) is 22.9 Å². The standard InChI is InChI=1S/C24H35NO7/c1-14(2)16-9-8-15(3)12-18(16)31-24-21(25-10-6-7-11-25)20(23(28)32-24)17(22(27)30-5)13-19(26)29-4/h13-16,18,24H,6-12H2,1-5H3/b17-13+/t15-,16+,18-,24?/m0/s1. The minimum atomic E-state index is -0.919. The normalized spacial score (nSPS) is 28.9. The summed E-state index contributed by atoms with van der Waals surface area (Å²) >= 11 is 0. The van der Waals surface area contributed by atoms with Gasteiger partial charge in [-0.25, -0.2) is 14.4 Å². The molecular formula is C24H35NO7. The quantitative estimate of drug-likeness (QED) is 0.333. The Balaban J connectivity index is 2.02. The van der Waals surface area contributed by atoms with Crippen LogP contribution < -0.4 is 0 Å². The van der Waals surface area contributed by atoms with E-state index in [1.807, 2.05) is 4.90 Å². The van der Waals surface area contributed by atoms with Gasteiger partial charge in [-0.3, -0.25) is 0 Å². The Morgan fingerprint density at radius 3 is 2.41 bits per heavy atom. The number of cyclic esters (lactones) is 1. The van der Waals surface area contributed by atoms with Crippen molar-refractivity contribution in [3.8, 4) is 0 Å². The minimum absolute atomic E-state index is 0.0269. The molecule has 8 nitrogen and oxygen atoms in total. The van der Waals surface area contributed by atoms with E-state index in [9.17, 15) is 14.4 Å². The molecule has 3 rings (SSSR count). The Labute approximate surface area is 189 Å². The Kier molecular flexibility index (Phi) is 7.98. The lowest BCUT2D eigenvalue weighted by Gasteiger charge is -2.39. The molecule has 1 aliphatic carbocycles. The van der Waals surface area contributed by atoms with E-state index in [-0.39, 0.29) is 17.3 Å². The molecular weight excluding hydrogens is 414 g/mol. The van der Waals surface area contributed by atoms with Crippen LogP contribution in [0.3, 0.4) is 0 Å². The van der Waals surface area contributed by atoms with E-state index in [0.717, 1.165) is 51.3 Å². The number of carbonyl (C=O) groups excluding carboxylic acids is 3. The molecule has 178 valence electrons. The van der Waals surface area contributed by atoms with E-state index in [1.54, 1.807) is 0 Å². The van der Waals surface area contributed by atoms with Gasteiger partial charge in [0, 0.05) is 19.2 Å². The predicted octanol–water partition coefficient (Wildman–Crippen LogP) is 2.97. The van der Waals surface area contributed by atoms with Crippen LogP contribution in [0.15, 0.2) is 22.9 Å². The predicted molar refractivity (Wildman–Crippen MR) is 116 cm³/mol. The van der Waals surface area contributed by atoms with Gasteiger partial charge in [0.15, 0.2) is 0 Å². The summed E-state index contributed by atoms with van der Waals surface area (Å²) in [7, 11) is 2.41. The van der Waals surface area contributed by atoms with Gasteiger partial charge < -0.3 is 23.8 Å². The van der Waals surface area contributed by atoms with E-state index in [0.29, 0.717) is 23.5 Å². The van der Waals surface area contributed by atoms with Gasteiger partial charge in [0.25, 0.3) is 0 Å². The molecule has 0 aromatic rings. The third-order valence-electron chi connectivity index (χ3n) is 6.74. The van der Waals surface area contributed by atoms with Crippen LogP contribution in [-0.2, 0) is 33.3 Å². The topological polar surface area (TPSA) is 91.4 Å². The molecule has 1 saturated carbocycles. The van der Waals surface area contributed by atoms with Crippen LogP contribution >= 0.6 is 0 Å². The summed E-state index contributed by atoms with van der Waals surface area (Å²) in [6, 6.07) is 0. The second-order valence-corrected chi connectivity index (χ2v) is 9.27. The fraction of sp³-hybridized carbons (Fsp3) is 0.708. The molecule has 1 saturated heterocycles. The van der Waals surface area contributed by atoms with E-state index in [4.69, 9.17) is 14.2 Å². The molecule has 2 aliphatic heterocycles. The number of carbonyl (C=O) groups is 3. The lowest BCUT2D eigenvalue weighted by molar-refractivity contribution is -0.184. The van der Waals surface area contributed by atoms with Crippen molar-refractivity contribution >= 4 is 17.9 Å². The first-order valence-corrected chi connectivity index (χ1v) is 11.5. The van der Waals surface area contributed by atoms with Crippen molar-refractivity contribution in [3.63, 3.8) is 0 Å². The summed E-state index contributed by atoms with van der Waals surface area (Å²) in [4.78, 5) is 39.5. The second-order valence-electron chi connectivity index (χ2n) is 9.27. The number of likely N-dealkylation sites (tertiary alicyclic amines) is 1. The van der Waals surface area contributed by atoms with Crippen LogP contribution in [0.5, 0.6) is 0 Å². The molecule has 4 atom stereocenters. The first kappa shape index (κ1) is 24.3. The average molecular weight is 450 g/mol. The van der Waals surface area contributed by atoms with Crippen LogP contribution in [-0.4, -0.2) is 62.5 Å². The molecule has 8 heteroatoms. The zero-order valence-electron chi connectivity index (χ0n) is 19.7. The lowest BCUT2D eigenvalue weighted by Crippen LogP contribution is -2.39. The summed E-state index contributed by atoms with van der Waals surface area (Å²) < 4.78 is 21.7. The molecule has 0 aromatic carbocycles. The van der Waals surface area contributed by atoms with Crippen molar-refractivity contribution < 1.29 is 33.3 Å². The summed E-state index contributed by atoms with van der Waals surface area (Å²) in [5, 5.41) is 0. The SMILES string of the molecule is COC(=O)/C=C(/C(=O)OC)C1=C(N2CCCC2)C(O[C@H]2C[C@@H](C)CC[C@@H]2C(C)C)OC1=O. The number of nitrogens with zero attached hydrogens (tertiary/aromatic N) is 1. The highest BCUT2D eigenvalue weighted by atomic mass is 16.7. The lowest BCUT2D eigenvalue weighted by atomic mass is 9.75. The van der Waals surface area contributed by atoms with Crippen molar-refractivity contribution in [2.24, 2.45) is 17.8 Å². The maximum Gasteiger partial charge on any atom is 0.343 e. The van der Waals surface area contributed by atoms with E-state index in [2.05, 4.69) is 25.5 Å². The van der Waals surface area contributed by atoms with Crippen LogP contribution in [0.25, 0.3) is 0 Å². The summed E-state index contributed by atoms with van der Waals surface area (Å²) in [6.07, 6.45) is 5.04. The molecule has 0 aromatic heterocycles. The maximum atomic E-state index is 13.0. The van der Waals surface area contributed by atoms with Gasteiger partial charge in [0.2, 0.25) is 6.29 Å². The third-order valence-corrected chi connectivity index (χ3v) is 6.74. The Morgan fingerprint density at radius 1 is 1.12 bits per heavy atom. The van der Waals surface area contributed by atoms with Crippen LogP contribution in [0.2, 0.25) is 0 Å². The van der Waals surface area contributed by atoms with Crippen LogP contribution in [0.1, 0.15) is 52.9 Å². The number of ether oxygens (including phenoxy) is 4. The highest BCUT2D eigenvalue weighted by Gasteiger charge is 2.45. The maximum absolute atomic E-state index is 13.0. The van der Waals surface area contributed by atoms with Crippen molar-refractivity contribution in [1.82, 2.24) is 4.90 Å². The monoisotopic (exact) mass is 449 g/mol. The highest BCUT2D eigenvalue weighted by molar-refractivity contribution is 6.11. The number of esters is 3. The Bertz CT molecular complexity index is 794. The molecule has 0 bridgehead atoms. The van der Waals surface area contributed by atoms with Gasteiger partial charge in [0.05, 0.1) is 31.6 Å². The van der Waals surface area contributed by atoms with Gasteiger partial charge >= 0.3 is 17.9 Å². The molecule has 0 N–H and O–H groups in total. The second kappa shape index (κ2) is 10.5. The van der Waals surface area contributed by atoms with Crippen molar-refractivity contribution in [2.75, 3.05) is 27.3 Å². The average Bonchev–Trinajstić information content (AvgIpc) is 3.38. The highest BCUT2D eigenvalue weighted by Crippen LogP contribution is 2.40. The van der Waals surface area contributed by atoms with Crippen molar-refractivity contribution in [2.45, 2.75) is 65.3 Å². The fourth-order valence-corrected chi connectivity index (χ4v) is 4.99. The van der Waals surface area contributed by atoms with Crippen LogP contribution in [0.4, 0.5) is 0 Å². The number of hydrogen-bond donors (Lipinski definition) is 0. The molecule has 32 heavy (non-hydrogen) atoms. The molecule has 3 aliphatic rings. The van der Waals surface area contributed by atoms with Gasteiger partial charge in [-0.15, -0.1) is 0 Å². The Hall–Kier alpha value is -2.35. The number of rotatable bonds is 7. The fourth-order valence-electron chi connectivity index (χ4n) is 4.99. The third kappa shape index (κ3) is 5.17. The Morgan fingerprint density at radius 2 is 1.81 bits per heavy atom. The summed E-state index contributed by atoms with van der Waals surface area (Å²) in [6.45, 7) is 8.03. The zero-order chi connectivity index (χ0) is 23.4. The number of methoxy groups -OCH3 is 2. The smallest absolute Gasteiger partial charge is 0.343 e. The van der Waals surface area contributed by atoms with E-state index >= 15 is 0 Å². The zero-order valence-corrected chi connectivity index (χ0v) is 19.7. The molecule has 0 spiro atoms. The summed E-state index contributed by atoms with van der Waals surface area (Å²) in [5.41, 5.74) is 0.364. The molecule has 2 fully saturated rings. The summed E-state index contributed by atoms with van der Waals surface area (Å²) in [5.74, 6) is -0.923. The van der Waals surface area contributed by atoms with Gasteiger partial charge in [-0.2, -0.15) is 0 Å². The largest absolute Gasteiger partial charge is 0.466 e. The molecule has 0 amide bonds. The molecule has 1 unspecified atom stereocenters. The molecule has 0 radical (unpaired) electrons. The van der Waals surface area contributed by atoms with E-state index < -0.39 is 24.2 Å². The van der Waals surface area contributed by atoms with Crippen LogP contribution in [0, 0.1) is 17.8 Å².